The number of hydrogen-bond donors (Lipinski definition) is 1. The van der Waals surface area contributed by atoms with Crippen LogP contribution >= 0.6 is 0 Å². The Balaban J connectivity index is 1.62. The first-order valence-corrected chi connectivity index (χ1v) is 9.12. The molecule has 0 saturated carbocycles. The number of rotatable bonds is 6. The van der Waals surface area contributed by atoms with Crippen LogP contribution < -0.4 is 5.32 Å². The molecule has 128 valence electrons. The summed E-state index contributed by atoms with van der Waals surface area (Å²) in [6.07, 6.45) is 1.06. The second-order valence-corrected chi connectivity index (χ2v) is 7.11. The van der Waals surface area contributed by atoms with E-state index in [1.807, 2.05) is 0 Å². The van der Waals surface area contributed by atoms with E-state index < -0.39 is 0 Å². The third-order valence-electron chi connectivity index (χ3n) is 4.73. The molecular formula is C24H27N. The summed E-state index contributed by atoms with van der Waals surface area (Å²) in [6, 6.07) is 28.2. The maximum atomic E-state index is 3.48. The molecule has 1 atom stereocenters. The highest BCUT2D eigenvalue weighted by atomic mass is 14.9. The van der Waals surface area contributed by atoms with E-state index in [9.17, 15) is 0 Å². The van der Waals surface area contributed by atoms with E-state index in [0.717, 1.165) is 17.8 Å². The molecule has 0 heterocycles. The second-order valence-electron chi connectivity index (χ2n) is 7.11. The third kappa shape index (κ3) is 4.73. The lowest BCUT2D eigenvalue weighted by Gasteiger charge is -2.13. The van der Waals surface area contributed by atoms with Crippen LogP contribution in [0.25, 0.3) is 0 Å². The van der Waals surface area contributed by atoms with Crippen LogP contribution in [0.3, 0.4) is 0 Å². The van der Waals surface area contributed by atoms with Crippen molar-refractivity contribution in [3.05, 3.63) is 95.6 Å². The molecular weight excluding hydrogens is 302 g/mol. The Morgan fingerprint density at radius 2 is 1.20 bits per heavy atom. The van der Waals surface area contributed by atoms with Crippen molar-refractivity contribution in [1.82, 2.24) is 0 Å². The lowest BCUT2D eigenvalue weighted by Crippen LogP contribution is -1.98. The van der Waals surface area contributed by atoms with Crippen LogP contribution in [0, 0.1) is 0 Å². The van der Waals surface area contributed by atoms with E-state index in [2.05, 4.69) is 105 Å². The van der Waals surface area contributed by atoms with Crippen LogP contribution in [0.5, 0.6) is 0 Å². The maximum Gasteiger partial charge on any atom is 0.0384 e. The van der Waals surface area contributed by atoms with E-state index in [0.29, 0.717) is 11.8 Å². The van der Waals surface area contributed by atoms with Crippen LogP contribution in [-0.4, -0.2) is 0 Å². The minimum Gasteiger partial charge on any atom is -0.356 e. The fraction of sp³-hybridized carbons (Fsp3) is 0.250. The Bertz CT molecular complexity index is 771. The number of nitrogens with one attached hydrogen (secondary N) is 1. The molecule has 0 radical (unpaired) electrons. The van der Waals surface area contributed by atoms with Gasteiger partial charge in [0.25, 0.3) is 0 Å². The zero-order chi connectivity index (χ0) is 17.6. The monoisotopic (exact) mass is 329 g/mol. The fourth-order valence-electron chi connectivity index (χ4n) is 3.10. The smallest absolute Gasteiger partial charge is 0.0384 e. The SMILES string of the molecule is CC(C)c1ccc(Nc2ccc(CC(C)c3ccccc3)cc2)cc1. The second kappa shape index (κ2) is 8.02. The Labute approximate surface area is 151 Å². The summed E-state index contributed by atoms with van der Waals surface area (Å²) < 4.78 is 0. The molecule has 1 nitrogen and oxygen atoms in total. The Morgan fingerprint density at radius 3 is 1.76 bits per heavy atom. The third-order valence-corrected chi connectivity index (χ3v) is 4.73. The molecule has 0 spiro atoms. The zero-order valence-corrected chi connectivity index (χ0v) is 15.4. The van der Waals surface area contributed by atoms with E-state index in [-0.39, 0.29) is 0 Å². The number of hydrogen-bond acceptors (Lipinski definition) is 1. The van der Waals surface area contributed by atoms with Crippen LogP contribution in [0.1, 0.15) is 49.3 Å². The summed E-state index contributed by atoms with van der Waals surface area (Å²) in [7, 11) is 0. The van der Waals surface area contributed by atoms with Gasteiger partial charge in [0, 0.05) is 11.4 Å². The highest BCUT2D eigenvalue weighted by molar-refractivity contribution is 5.60. The van der Waals surface area contributed by atoms with E-state index in [1.165, 1.54) is 16.7 Å². The zero-order valence-electron chi connectivity index (χ0n) is 15.4. The maximum absolute atomic E-state index is 3.48. The van der Waals surface area contributed by atoms with E-state index in [4.69, 9.17) is 0 Å². The summed E-state index contributed by atoms with van der Waals surface area (Å²) in [5.41, 5.74) is 6.41. The van der Waals surface area contributed by atoms with Gasteiger partial charge in [0.2, 0.25) is 0 Å². The summed E-state index contributed by atoms with van der Waals surface area (Å²) in [5, 5.41) is 3.48. The van der Waals surface area contributed by atoms with Crippen LogP contribution in [-0.2, 0) is 6.42 Å². The minimum absolute atomic E-state index is 0.531. The van der Waals surface area contributed by atoms with Crippen molar-refractivity contribution >= 4 is 11.4 Å². The van der Waals surface area contributed by atoms with Crippen LogP contribution in [0.2, 0.25) is 0 Å². The molecule has 25 heavy (non-hydrogen) atoms. The molecule has 3 aromatic carbocycles. The molecule has 0 fully saturated rings. The lowest BCUT2D eigenvalue weighted by atomic mass is 9.94. The molecule has 0 aliphatic heterocycles. The first-order valence-electron chi connectivity index (χ1n) is 9.12. The van der Waals surface area contributed by atoms with Crippen LogP contribution in [0.4, 0.5) is 11.4 Å². The molecule has 1 heteroatoms. The van der Waals surface area contributed by atoms with Crippen molar-refractivity contribution < 1.29 is 0 Å². The Morgan fingerprint density at radius 1 is 0.640 bits per heavy atom. The summed E-state index contributed by atoms with van der Waals surface area (Å²) in [5.74, 6) is 1.10. The molecule has 0 bridgehead atoms. The quantitative estimate of drug-likeness (QED) is 0.518. The van der Waals surface area contributed by atoms with Crippen molar-refractivity contribution in [2.24, 2.45) is 0 Å². The normalized spacial score (nSPS) is 12.2. The Hall–Kier alpha value is -2.54. The Kier molecular flexibility index (Phi) is 5.55. The molecule has 3 rings (SSSR count). The van der Waals surface area contributed by atoms with Gasteiger partial charge in [0.05, 0.1) is 0 Å². The molecule has 0 aromatic heterocycles. The molecule has 3 aromatic rings. The number of anilines is 2. The topological polar surface area (TPSA) is 12.0 Å². The molecule has 1 unspecified atom stereocenters. The van der Waals surface area contributed by atoms with Gasteiger partial charge in [-0.3, -0.25) is 0 Å². The molecule has 0 amide bonds. The van der Waals surface area contributed by atoms with Gasteiger partial charge in [0.1, 0.15) is 0 Å². The molecule has 0 saturated heterocycles. The van der Waals surface area contributed by atoms with Gasteiger partial charge >= 0.3 is 0 Å². The largest absolute Gasteiger partial charge is 0.356 e. The lowest BCUT2D eigenvalue weighted by molar-refractivity contribution is 0.759. The highest BCUT2D eigenvalue weighted by Gasteiger charge is 2.06. The van der Waals surface area contributed by atoms with Gasteiger partial charge in [-0.05, 0) is 59.2 Å². The van der Waals surface area contributed by atoms with E-state index in [1.54, 1.807) is 0 Å². The molecule has 1 N–H and O–H groups in total. The average molecular weight is 329 g/mol. The fourth-order valence-corrected chi connectivity index (χ4v) is 3.10. The van der Waals surface area contributed by atoms with Crippen molar-refractivity contribution in [2.75, 3.05) is 5.32 Å². The van der Waals surface area contributed by atoms with Gasteiger partial charge < -0.3 is 5.32 Å². The van der Waals surface area contributed by atoms with Gasteiger partial charge in [-0.1, -0.05) is 75.4 Å². The van der Waals surface area contributed by atoms with Crippen molar-refractivity contribution in [2.45, 2.75) is 39.0 Å². The predicted octanol–water partition coefficient (Wildman–Crippen LogP) is 6.90. The van der Waals surface area contributed by atoms with Crippen LogP contribution in [0.15, 0.2) is 78.9 Å². The van der Waals surface area contributed by atoms with Gasteiger partial charge in [-0.2, -0.15) is 0 Å². The van der Waals surface area contributed by atoms with Gasteiger partial charge in [0.15, 0.2) is 0 Å². The predicted molar refractivity (Wildman–Crippen MR) is 109 cm³/mol. The summed E-state index contributed by atoms with van der Waals surface area (Å²) in [4.78, 5) is 0. The average Bonchev–Trinajstić information content (AvgIpc) is 2.64. The van der Waals surface area contributed by atoms with Gasteiger partial charge in [-0.25, -0.2) is 0 Å². The minimum atomic E-state index is 0.531. The van der Waals surface area contributed by atoms with E-state index >= 15 is 0 Å². The summed E-state index contributed by atoms with van der Waals surface area (Å²) in [6.45, 7) is 6.73. The standard InChI is InChI=1S/C24H27N/c1-18(2)21-11-15-24(16-12-21)25-23-13-9-20(10-14-23)17-19(3)22-7-5-4-6-8-22/h4-16,18-19,25H,17H2,1-3H3. The molecule has 0 aliphatic carbocycles. The summed E-state index contributed by atoms with van der Waals surface area (Å²) >= 11 is 0. The first-order chi connectivity index (χ1) is 12.1. The number of benzene rings is 3. The van der Waals surface area contributed by atoms with Crippen molar-refractivity contribution in [1.29, 1.82) is 0 Å². The van der Waals surface area contributed by atoms with Crippen molar-refractivity contribution in [3.63, 3.8) is 0 Å². The first kappa shape index (κ1) is 17.3. The molecule has 0 aliphatic rings. The highest BCUT2D eigenvalue weighted by Crippen LogP contribution is 2.23. The van der Waals surface area contributed by atoms with Crippen molar-refractivity contribution in [3.8, 4) is 0 Å². The van der Waals surface area contributed by atoms with Gasteiger partial charge in [-0.15, -0.1) is 0 Å².